The van der Waals surface area contributed by atoms with Gasteiger partial charge >= 0.3 is 0 Å². The molecule has 1 aromatic carbocycles. The molecule has 0 radical (unpaired) electrons. The minimum atomic E-state index is -0.914. The predicted octanol–water partition coefficient (Wildman–Crippen LogP) is 4.06. The van der Waals surface area contributed by atoms with Crippen LogP contribution < -0.4 is 0 Å². The number of halogens is 2. The maximum Gasteiger partial charge on any atom is 0.168 e. The van der Waals surface area contributed by atoms with Crippen molar-refractivity contribution in [3.63, 3.8) is 0 Å². The Bertz CT molecular complexity index is 512. The molecule has 2 atom stereocenters. The van der Waals surface area contributed by atoms with Gasteiger partial charge in [-0.3, -0.25) is 4.79 Å². The molecule has 0 spiro atoms. The Morgan fingerprint density at radius 1 is 1.38 bits per heavy atom. The molecule has 0 amide bonds. The minimum Gasteiger partial charge on any atom is -0.367 e. The van der Waals surface area contributed by atoms with E-state index in [1.54, 1.807) is 0 Å². The average molecular weight is 296 g/mol. The van der Waals surface area contributed by atoms with E-state index in [0.717, 1.165) is 25.0 Å². The molecule has 1 aliphatic carbocycles. The standard InChI is InChI=1S/C17H22F2O2/c1-3-21-17(8-4-5-12(2)11-17)16(20)10-13-6-7-14(18)15(19)9-13/h6-7,9,12H,3-5,8,10-11H2,1-2H3. The number of rotatable bonds is 5. The molecule has 0 aromatic heterocycles. The van der Waals surface area contributed by atoms with Crippen LogP contribution in [0.25, 0.3) is 0 Å². The zero-order valence-electron chi connectivity index (χ0n) is 12.6. The summed E-state index contributed by atoms with van der Waals surface area (Å²) in [6.45, 7) is 4.49. The van der Waals surface area contributed by atoms with Crippen molar-refractivity contribution in [3.8, 4) is 0 Å². The van der Waals surface area contributed by atoms with Gasteiger partial charge in [-0.05, 0) is 49.8 Å². The molecule has 0 aliphatic heterocycles. The molecule has 1 aliphatic rings. The number of carbonyl (C=O) groups excluding carboxylic acids is 1. The van der Waals surface area contributed by atoms with Crippen LogP contribution in [0.2, 0.25) is 0 Å². The quantitative estimate of drug-likeness (QED) is 0.819. The monoisotopic (exact) mass is 296 g/mol. The third-order valence-electron chi connectivity index (χ3n) is 4.23. The van der Waals surface area contributed by atoms with Crippen LogP contribution in [0.3, 0.4) is 0 Å². The lowest BCUT2D eigenvalue weighted by atomic mass is 9.75. The average Bonchev–Trinajstić information content (AvgIpc) is 2.43. The molecular weight excluding hydrogens is 274 g/mol. The van der Waals surface area contributed by atoms with Crippen molar-refractivity contribution >= 4 is 5.78 Å². The largest absolute Gasteiger partial charge is 0.367 e. The van der Waals surface area contributed by atoms with Gasteiger partial charge in [-0.1, -0.05) is 19.4 Å². The van der Waals surface area contributed by atoms with Gasteiger partial charge < -0.3 is 4.74 Å². The topological polar surface area (TPSA) is 26.3 Å². The number of ketones is 1. The molecule has 1 saturated carbocycles. The molecule has 1 aromatic rings. The van der Waals surface area contributed by atoms with Crippen LogP contribution in [0, 0.1) is 17.6 Å². The Balaban J connectivity index is 2.16. The van der Waals surface area contributed by atoms with E-state index in [1.807, 2.05) is 6.92 Å². The van der Waals surface area contributed by atoms with Crippen molar-refractivity contribution in [1.82, 2.24) is 0 Å². The summed E-state index contributed by atoms with van der Waals surface area (Å²) in [6.07, 6.45) is 3.58. The van der Waals surface area contributed by atoms with Gasteiger partial charge in [0.05, 0.1) is 0 Å². The zero-order valence-corrected chi connectivity index (χ0v) is 12.6. The van der Waals surface area contributed by atoms with Gasteiger partial charge in [0.25, 0.3) is 0 Å². The molecule has 2 nitrogen and oxygen atoms in total. The first-order valence-corrected chi connectivity index (χ1v) is 7.58. The summed E-state index contributed by atoms with van der Waals surface area (Å²) in [5, 5.41) is 0. The highest BCUT2D eigenvalue weighted by Crippen LogP contribution is 2.36. The van der Waals surface area contributed by atoms with Crippen molar-refractivity contribution in [3.05, 3.63) is 35.4 Å². The van der Waals surface area contributed by atoms with E-state index in [4.69, 9.17) is 4.74 Å². The zero-order chi connectivity index (χ0) is 15.5. The van der Waals surface area contributed by atoms with Crippen molar-refractivity contribution in [2.24, 2.45) is 5.92 Å². The molecule has 21 heavy (non-hydrogen) atoms. The van der Waals surface area contributed by atoms with E-state index in [-0.39, 0.29) is 12.2 Å². The number of hydrogen-bond donors (Lipinski definition) is 0. The van der Waals surface area contributed by atoms with Crippen LogP contribution in [-0.2, 0) is 16.0 Å². The molecule has 116 valence electrons. The summed E-state index contributed by atoms with van der Waals surface area (Å²) >= 11 is 0. The molecule has 2 rings (SSSR count). The molecule has 2 unspecified atom stereocenters. The van der Waals surface area contributed by atoms with Gasteiger partial charge in [-0.25, -0.2) is 8.78 Å². The summed E-state index contributed by atoms with van der Waals surface area (Å²) in [7, 11) is 0. The molecule has 0 bridgehead atoms. The SMILES string of the molecule is CCOC1(C(=O)Cc2ccc(F)c(F)c2)CCCC(C)C1. The second-order valence-corrected chi connectivity index (χ2v) is 5.98. The van der Waals surface area contributed by atoms with Crippen molar-refractivity contribution in [1.29, 1.82) is 0 Å². The first-order chi connectivity index (χ1) is 9.97. The number of benzene rings is 1. The maximum absolute atomic E-state index is 13.3. The van der Waals surface area contributed by atoms with E-state index in [2.05, 4.69) is 6.92 Å². The van der Waals surface area contributed by atoms with Crippen molar-refractivity contribution < 1.29 is 18.3 Å². The van der Waals surface area contributed by atoms with E-state index in [1.165, 1.54) is 6.07 Å². The molecule has 0 saturated heterocycles. The maximum atomic E-state index is 13.3. The lowest BCUT2D eigenvalue weighted by Crippen LogP contribution is -2.46. The van der Waals surface area contributed by atoms with Gasteiger partial charge in [0.1, 0.15) is 5.60 Å². The Labute approximate surface area is 124 Å². The first kappa shape index (κ1) is 16.1. The number of Topliss-reactive ketones (excluding diaryl/α,β-unsaturated/α-hetero) is 1. The summed E-state index contributed by atoms with van der Waals surface area (Å²) in [6, 6.07) is 3.62. The van der Waals surface area contributed by atoms with Crippen LogP contribution in [-0.4, -0.2) is 18.0 Å². The van der Waals surface area contributed by atoms with Crippen molar-refractivity contribution in [2.45, 2.75) is 51.6 Å². The van der Waals surface area contributed by atoms with Crippen LogP contribution in [0.4, 0.5) is 8.78 Å². The lowest BCUT2D eigenvalue weighted by Gasteiger charge is -2.38. The summed E-state index contributed by atoms with van der Waals surface area (Å²) in [5.41, 5.74) is -0.256. The van der Waals surface area contributed by atoms with Gasteiger partial charge in [0.2, 0.25) is 0 Å². The molecule has 0 heterocycles. The third-order valence-corrected chi connectivity index (χ3v) is 4.23. The second-order valence-electron chi connectivity index (χ2n) is 5.98. The summed E-state index contributed by atoms with van der Waals surface area (Å²) < 4.78 is 32.0. The van der Waals surface area contributed by atoms with E-state index in [0.29, 0.717) is 30.9 Å². The Morgan fingerprint density at radius 3 is 2.76 bits per heavy atom. The Kier molecular flexibility index (Phi) is 5.09. The van der Waals surface area contributed by atoms with E-state index >= 15 is 0 Å². The highest BCUT2D eigenvalue weighted by Gasteiger charge is 2.41. The fourth-order valence-corrected chi connectivity index (χ4v) is 3.24. The molecule has 0 N–H and O–H groups in total. The lowest BCUT2D eigenvalue weighted by molar-refractivity contribution is -0.150. The predicted molar refractivity (Wildman–Crippen MR) is 77.1 cm³/mol. The van der Waals surface area contributed by atoms with Crippen LogP contribution in [0.5, 0.6) is 0 Å². The smallest absolute Gasteiger partial charge is 0.168 e. The first-order valence-electron chi connectivity index (χ1n) is 7.58. The third kappa shape index (κ3) is 3.67. The number of carbonyl (C=O) groups is 1. The van der Waals surface area contributed by atoms with Gasteiger partial charge in [-0.2, -0.15) is 0 Å². The van der Waals surface area contributed by atoms with Crippen LogP contribution in [0.1, 0.15) is 45.1 Å². The molecule has 1 fully saturated rings. The van der Waals surface area contributed by atoms with Gasteiger partial charge in [0, 0.05) is 13.0 Å². The van der Waals surface area contributed by atoms with Gasteiger partial charge in [-0.15, -0.1) is 0 Å². The van der Waals surface area contributed by atoms with E-state index in [9.17, 15) is 13.6 Å². The summed E-state index contributed by atoms with van der Waals surface area (Å²) in [5.74, 6) is -1.39. The molecule has 4 heteroatoms. The molecular formula is C17H22F2O2. The fraction of sp³-hybridized carbons (Fsp3) is 0.588. The highest BCUT2D eigenvalue weighted by atomic mass is 19.2. The van der Waals surface area contributed by atoms with Crippen LogP contribution >= 0.6 is 0 Å². The summed E-state index contributed by atoms with van der Waals surface area (Å²) in [4.78, 5) is 12.7. The fourth-order valence-electron chi connectivity index (χ4n) is 3.24. The second kappa shape index (κ2) is 6.65. The van der Waals surface area contributed by atoms with Crippen molar-refractivity contribution in [2.75, 3.05) is 6.61 Å². The number of ether oxygens (including phenoxy) is 1. The minimum absolute atomic E-state index is 0.0260. The highest BCUT2D eigenvalue weighted by molar-refractivity contribution is 5.89. The van der Waals surface area contributed by atoms with Crippen LogP contribution in [0.15, 0.2) is 18.2 Å². The van der Waals surface area contributed by atoms with E-state index < -0.39 is 17.2 Å². The number of hydrogen-bond acceptors (Lipinski definition) is 2. The normalized spacial score (nSPS) is 25.8. The Hall–Kier alpha value is -1.29. The Morgan fingerprint density at radius 2 is 2.14 bits per heavy atom. The van der Waals surface area contributed by atoms with Gasteiger partial charge in [0.15, 0.2) is 17.4 Å².